The first-order valence-electron chi connectivity index (χ1n) is 4.22. The lowest BCUT2D eigenvalue weighted by Gasteiger charge is -2.28. The summed E-state index contributed by atoms with van der Waals surface area (Å²) < 4.78 is 44.0. The van der Waals surface area contributed by atoms with E-state index in [1.54, 1.807) is 0 Å². The fourth-order valence-electron chi connectivity index (χ4n) is 1.55. The van der Waals surface area contributed by atoms with Crippen LogP contribution >= 0.6 is 10.7 Å². The van der Waals surface area contributed by atoms with Crippen LogP contribution in [0.4, 0.5) is 0 Å². The van der Waals surface area contributed by atoms with Crippen molar-refractivity contribution in [3.8, 4) is 6.07 Å². The summed E-state index contributed by atoms with van der Waals surface area (Å²) in [4.78, 5) is 0. The predicted octanol–water partition coefficient (Wildman–Crippen LogP) is 0.274. The van der Waals surface area contributed by atoms with E-state index < -0.39 is 30.1 Å². The average Bonchev–Trinajstić information content (AvgIpc) is 2.07. The van der Waals surface area contributed by atoms with Gasteiger partial charge in [-0.2, -0.15) is 5.26 Å². The molecule has 5 nitrogen and oxygen atoms in total. The molecule has 15 heavy (non-hydrogen) atoms. The second kappa shape index (κ2) is 3.92. The Morgan fingerprint density at radius 1 is 1.33 bits per heavy atom. The van der Waals surface area contributed by atoms with Crippen LogP contribution < -0.4 is 0 Å². The molecule has 86 valence electrons. The van der Waals surface area contributed by atoms with E-state index in [0.717, 1.165) is 0 Å². The molecule has 0 spiro atoms. The van der Waals surface area contributed by atoms with Crippen LogP contribution in [-0.4, -0.2) is 34.1 Å². The van der Waals surface area contributed by atoms with Crippen molar-refractivity contribution in [2.75, 3.05) is 17.3 Å². The first-order valence-corrected chi connectivity index (χ1v) is 8.52. The average molecular weight is 272 g/mol. The van der Waals surface area contributed by atoms with Gasteiger partial charge >= 0.3 is 0 Å². The molecule has 0 aliphatic carbocycles. The predicted molar refractivity (Wildman–Crippen MR) is 55.6 cm³/mol. The van der Waals surface area contributed by atoms with Crippen LogP contribution in [0, 0.1) is 16.7 Å². The third-order valence-electron chi connectivity index (χ3n) is 2.47. The van der Waals surface area contributed by atoms with E-state index in [4.69, 9.17) is 15.9 Å². The molecule has 0 aromatic rings. The van der Waals surface area contributed by atoms with E-state index in [2.05, 4.69) is 0 Å². The molecular formula is C7H10ClNO4S2. The Kier molecular flexibility index (Phi) is 3.33. The van der Waals surface area contributed by atoms with E-state index in [-0.39, 0.29) is 24.3 Å². The van der Waals surface area contributed by atoms with E-state index in [0.29, 0.717) is 0 Å². The van der Waals surface area contributed by atoms with Crippen LogP contribution in [0.2, 0.25) is 0 Å². The minimum absolute atomic E-state index is 0.0395. The molecule has 1 heterocycles. The van der Waals surface area contributed by atoms with Gasteiger partial charge in [0.15, 0.2) is 0 Å². The Bertz CT molecular complexity index is 474. The summed E-state index contributed by atoms with van der Waals surface area (Å²) in [5.41, 5.74) is -1.13. The highest BCUT2D eigenvalue weighted by atomic mass is 35.7. The van der Waals surface area contributed by atoms with Crippen LogP contribution in [0.25, 0.3) is 0 Å². The first kappa shape index (κ1) is 12.7. The summed E-state index contributed by atoms with van der Waals surface area (Å²) in [5, 5.41) is 8.91. The summed E-state index contributed by atoms with van der Waals surface area (Å²) in [6.45, 7) is 0. The quantitative estimate of drug-likeness (QED) is 0.673. The Hall–Kier alpha value is -0.320. The van der Waals surface area contributed by atoms with E-state index >= 15 is 0 Å². The monoisotopic (exact) mass is 271 g/mol. The Morgan fingerprint density at radius 2 is 1.80 bits per heavy atom. The molecule has 8 heteroatoms. The molecule has 0 amide bonds. The van der Waals surface area contributed by atoms with Gasteiger partial charge in [0.25, 0.3) is 0 Å². The zero-order valence-corrected chi connectivity index (χ0v) is 10.2. The topological polar surface area (TPSA) is 92.1 Å². The third-order valence-corrected chi connectivity index (χ3v) is 5.35. The summed E-state index contributed by atoms with van der Waals surface area (Å²) in [6, 6.07) is 1.88. The largest absolute Gasteiger partial charge is 0.234 e. The zero-order valence-electron chi connectivity index (χ0n) is 7.81. The molecular weight excluding hydrogens is 262 g/mol. The van der Waals surface area contributed by atoms with Gasteiger partial charge in [-0.1, -0.05) is 0 Å². The first-order chi connectivity index (χ1) is 6.68. The van der Waals surface area contributed by atoms with Gasteiger partial charge in [-0.05, 0) is 12.8 Å². The van der Waals surface area contributed by atoms with E-state index in [9.17, 15) is 16.8 Å². The van der Waals surface area contributed by atoms with Crippen molar-refractivity contribution >= 4 is 29.6 Å². The number of rotatable bonds is 2. The van der Waals surface area contributed by atoms with Crippen LogP contribution in [0.15, 0.2) is 0 Å². The van der Waals surface area contributed by atoms with E-state index in [1.807, 2.05) is 6.07 Å². The summed E-state index contributed by atoms with van der Waals surface area (Å²) in [6.07, 6.45) is 0.0789. The Labute approximate surface area is 93.4 Å². The Morgan fingerprint density at radius 3 is 2.13 bits per heavy atom. The molecule has 0 aromatic carbocycles. The fourth-order valence-corrected chi connectivity index (χ4v) is 4.79. The molecule has 1 aliphatic rings. The fraction of sp³-hybridized carbons (Fsp3) is 0.857. The maximum Gasteiger partial charge on any atom is 0.234 e. The van der Waals surface area contributed by atoms with Crippen LogP contribution in [0.1, 0.15) is 12.8 Å². The molecule has 0 bridgehead atoms. The second-order valence-electron chi connectivity index (χ2n) is 3.73. The number of sulfone groups is 1. The van der Waals surface area contributed by atoms with Crippen molar-refractivity contribution in [2.24, 2.45) is 5.41 Å². The highest BCUT2D eigenvalue weighted by Gasteiger charge is 2.40. The van der Waals surface area contributed by atoms with Crippen molar-refractivity contribution in [1.29, 1.82) is 5.26 Å². The van der Waals surface area contributed by atoms with Gasteiger partial charge in [0.05, 0.1) is 28.7 Å². The molecule has 0 atom stereocenters. The molecule has 0 aromatic heterocycles. The van der Waals surface area contributed by atoms with Crippen molar-refractivity contribution in [3.63, 3.8) is 0 Å². The minimum atomic E-state index is -3.78. The number of halogens is 1. The number of hydrogen-bond donors (Lipinski definition) is 0. The van der Waals surface area contributed by atoms with Gasteiger partial charge in [0, 0.05) is 10.7 Å². The molecule has 1 saturated heterocycles. The van der Waals surface area contributed by atoms with Gasteiger partial charge in [-0.15, -0.1) is 0 Å². The van der Waals surface area contributed by atoms with Crippen molar-refractivity contribution in [3.05, 3.63) is 0 Å². The van der Waals surface area contributed by atoms with Gasteiger partial charge in [-0.25, -0.2) is 16.8 Å². The molecule has 1 rings (SSSR count). The van der Waals surface area contributed by atoms with Crippen LogP contribution in [-0.2, 0) is 18.9 Å². The second-order valence-corrected chi connectivity index (χ2v) is 8.81. The smallest absolute Gasteiger partial charge is 0.229 e. The molecule has 0 saturated carbocycles. The SMILES string of the molecule is N#CC1(CS(=O)(=O)Cl)CCS(=O)(=O)CC1. The maximum atomic E-state index is 11.1. The zero-order chi connectivity index (χ0) is 11.7. The number of nitrogens with zero attached hydrogens (tertiary/aromatic N) is 1. The highest BCUT2D eigenvalue weighted by molar-refractivity contribution is 8.13. The number of nitriles is 1. The molecule has 0 unspecified atom stereocenters. The standard InChI is InChI=1S/C7H10ClNO4S2/c8-15(12,13)6-7(5-9)1-3-14(10,11)4-2-7/h1-4,6H2. The van der Waals surface area contributed by atoms with E-state index in [1.165, 1.54) is 0 Å². The number of hydrogen-bond acceptors (Lipinski definition) is 5. The normalized spacial score (nSPS) is 24.3. The summed E-state index contributed by atoms with van der Waals surface area (Å²) in [5.74, 6) is -0.770. The minimum Gasteiger partial charge on any atom is -0.229 e. The molecule has 1 aliphatic heterocycles. The molecule has 0 N–H and O–H groups in total. The molecule has 0 radical (unpaired) electrons. The van der Waals surface area contributed by atoms with Crippen molar-refractivity contribution in [1.82, 2.24) is 0 Å². The third kappa shape index (κ3) is 3.63. The van der Waals surface area contributed by atoms with Crippen LogP contribution in [0.5, 0.6) is 0 Å². The lowest BCUT2D eigenvalue weighted by atomic mass is 9.86. The highest BCUT2D eigenvalue weighted by Crippen LogP contribution is 2.34. The molecule has 1 fully saturated rings. The summed E-state index contributed by atoms with van der Waals surface area (Å²) >= 11 is 0. The van der Waals surface area contributed by atoms with Crippen LogP contribution in [0.3, 0.4) is 0 Å². The van der Waals surface area contributed by atoms with Crippen molar-refractivity contribution in [2.45, 2.75) is 12.8 Å². The van der Waals surface area contributed by atoms with Crippen molar-refractivity contribution < 1.29 is 16.8 Å². The maximum absolute atomic E-state index is 11.1. The summed E-state index contributed by atoms with van der Waals surface area (Å²) in [7, 11) is -1.81. The van der Waals surface area contributed by atoms with Gasteiger partial charge < -0.3 is 0 Å². The lowest BCUT2D eigenvalue weighted by molar-refractivity contribution is 0.393. The van der Waals surface area contributed by atoms with Gasteiger partial charge in [0.1, 0.15) is 9.84 Å². The van der Waals surface area contributed by atoms with Gasteiger partial charge in [0.2, 0.25) is 9.05 Å². The lowest BCUT2D eigenvalue weighted by Crippen LogP contribution is -2.36. The van der Waals surface area contributed by atoms with Gasteiger partial charge in [-0.3, -0.25) is 0 Å². The Balaban J connectivity index is 2.88.